The summed E-state index contributed by atoms with van der Waals surface area (Å²) in [7, 11) is 1.69. The van der Waals surface area contributed by atoms with E-state index in [4.69, 9.17) is 15.1 Å². The fourth-order valence-corrected chi connectivity index (χ4v) is 4.63. The molecule has 1 amide bonds. The van der Waals surface area contributed by atoms with Crippen molar-refractivity contribution in [2.75, 3.05) is 17.2 Å². The van der Waals surface area contributed by atoms with Crippen LogP contribution >= 0.6 is 10.7 Å². The molecular formula is C17H14ClNO4S. The van der Waals surface area contributed by atoms with E-state index >= 15 is 0 Å². The highest BCUT2D eigenvalue weighted by Gasteiger charge is 2.33. The summed E-state index contributed by atoms with van der Waals surface area (Å²) < 4.78 is 28.3. The third-order valence-corrected chi connectivity index (χ3v) is 5.56. The van der Waals surface area contributed by atoms with Crippen molar-refractivity contribution in [1.82, 2.24) is 0 Å². The van der Waals surface area contributed by atoms with Gasteiger partial charge in [-0.1, -0.05) is 18.2 Å². The van der Waals surface area contributed by atoms with Crippen molar-refractivity contribution < 1.29 is 17.6 Å². The van der Waals surface area contributed by atoms with Gasteiger partial charge in [0.15, 0.2) is 0 Å². The van der Waals surface area contributed by atoms with Crippen molar-refractivity contribution in [3.63, 3.8) is 0 Å². The highest BCUT2D eigenvalue weighted by Crippen LogP contribution is 2.33. The van der Waals surface area contributed by atoms with Crippen molar-refractivity contribution in [2.45, 2.75) is 6.42 Å². The van der Waals surface area contributed by atoms with Crippen LogP contribution in [0.3, 0.4) is 0 Å². The van der Waals surface area contributed by atoms with Crippen LogP contribution < -0.4 is 4.90 Å². The number of hydrogen-bond donors (Lipinski definition) is 0. The Kier molecular flexibility index (Phi) is 3.54. The van der Waals surface area contributed by atoms with Gasteiger partial charge in [0.25, 0.3) is 0 Å². The van der Waals surface area contributed by atoms with Gasteiger partial charge in [-0.25, -0.2) is 8.42 Å². The minimum absolute atomic E-state index is 0.101. The summed E-state index contributed by atoms with van der Waals surface area (Å²) in [5.74, 6) is -0.578. The smallest absolute Gasteiger partial charge is 0.232 e. The first kappa shape index (κ1) is 15.5. The molecule has 1 atom stereocenters. The first-order valence-electron chi connectivity index (χ1n) is 7.55. The molecule has 0 bridgehead atoms. The molecule has 2 heterocycles. The molecule has 1 fully saturated rings. The van der Waals surface area contributed by atoms with Gasteiger partial charge in [-0.2, -0.15) is 0 Å². The Hall–Kier alpha value is -2.05. The normalized spacial score (nSPS) is 18.8. The average molecular weight is 364 g/mol. The number of amides is 1. The molecule has 1 aliphatic rings. The highest BCUT2D eigenvalue weighted by molar-refractivity contribution is 8.13. The maximum absolute atomic E-state index is 12.2. The Balaban J connectivity index is 1.69. The van der Waals surface area contributed by atoms with Crippen LogP contribution in [0.1, 0.15) is 6.42 Å². The number of rotatable bonds is 3. The predicted octanol–water partition coefficient (Wildman–Crippen LogP) is 3.51. The van der Waals surface area contributed by atoms with Gasteiger partial charge in [-0.3, -0.25) is 4.79 Å². The maximum Gasteiger partial charge on any atom is 0.232 e. The van der Waals surface area contributed by atoms with Crippen LogP contribution in [0.15, 0.2) is 46.9 Å². The molecule has 1 aliphatic heterocycles. The largest absolute Gasteiger partial charge is 0.456 e. The lowest BCUT2D eigenvalue weighted by atomic mass is 10.1. The first-order valence-corrected chi connectivity index (χ1v) is 10.0. The quantitative estimate of drug-likeness (QED) is 0.668. The molecule has 0 aliphatic carbocycles. The Bertz CT molecular complexity index is 1060. The number of para-hydroxylation sites is 1. The van der Waals surface area contributed by atoms with Crippen molar-refractivity contribution in [3.8, 4) is 0 Å². The van der Waals surface area contributed by atoms with E-state index in [9.17, 15) is 13.2 Å². The third kappa shape index (κ3) is 2.76. The van der Waals surface area contributed by atoms with E-state index in [1.165, 1.54) is 0 Å². The molecule has 1 unspecified atom stereocenters. The van der Waals surface area contributed by atoms with Crippen LogP contribution in [0.2, 0.25) is 0 Å². The zero-order valence-corrected chi connectivity index (χ0v) is 14.2. The van der Waals surface area contributed by atoms with Crippen LogP contribution in [0.4, 0.5) is 5.69 Å². The van der Waals surface area contributed by atoms with Gasteiger partial charge < -0.3 is 9.32 Å². The van der Waals surface area contributed by atoms with Crippen molar-refractivity contribution in [3.05, 3.63) is 42.5 Å². The monoisotopic (exact) mass is 363 g/mol. The fraction of sp³-hybridized carbons (Fsp3) is 0.235. The molecule has 2 aromatic carbocycles. The van der Waals surface area contributed by atoms with Crippen LogP contribution in [-0.4, -0.2) is 26.6 Å². The summed E-state index contributed by atoms with van der Waals surface area (Å²) in [6.45, 7) is 0.344. The zero-order valence-electron chi connectivity index (χ0n) is 12.6. The number of furan rings is 1. The van der Waals surface area contributed by atoms with E-state index in [0.29, 0.717) is 17.8 Å². The Morgan fingerprint density at radius 1 is 1.12 bits per heavy atom. The van der Waals surface area contributed by atoms with Gasteiger partial charge in [-0.05, 0) is 18.2 Å². The topological polar surface area (TPSA) is 67.6 Å². The second kappa shape index (κ2) is 5.50. The molecule has 1 aromatic heterocycles. The number of hydrogen-bond acceptors (Lipinski definition) is 4. The molecule has 3 aromatic rings. The second-order valence-electron chi connectivity index (χ2n) is 6.06. The van der Waals surface area contributed by atoms with Gasteiger partial charge in [-0.15, -0.1) is 0 Å². The SMILES string of the molecule is O=C1CC(CS(=O)(=O)Cl)CN1c1ccc2c(c1)oc1ccccc12. The second-order valence-corrected chi connectivity index (χ2v) is 8.88. The third-order valence-electron chi connectivity index (χ3n) is 4.31. The number of carbonyl (C=O) groups is 1. The van der Waals surface area contributed by atoms with E-state index in [1.807, 2.05) is 42.5 Å². The summed E-state index contributed by atoms with van der Waals surface area (Å²) in [4.78, 5) is 13.8. The van der Waals surface area contributed by atoms with Crippen LogP contribution in [0.25, 0.3) is 21.9 Å². The van der Waals surface area contributed by atoms with E-state index < -0.39 is 9.05 Å². The fourth-order valence-electron chi connectivity index (χ4n) is 3.31. The molecule has 0 saturated carbocycles. The van der Waals surface area contributed by atoms with Crippen molar-refractivity contribution >= 4 is 53.3 Å². The molecule has 24 heavy (non-hydrogen) atoms. The lowest BCUT2D eigenvalue weighted by Crippen LogP contribution is -2.25. The molecule has 124 valence electrons. The van der Waals surface area contributed by atoms with Gasteiger partial charge in [0.05, 0.1) is 5.75 Å². The first-order chi connectivity index (χ1) is 11.4. The molecular weight excluding hydrogens is 350 g/mol. The molecule has 0 spiro atoms. The van der Waals surface area contributed by atoms with Gasteiger partial charge in [0.2, 0.25) is 15.0 Å². The summed E-state index contributed by atoms with van der Waals surface area (Å²) in [5, 5.41) is 2.01. The molecule has 4 rings (SSSR count). The highest BCUT2D eigenvalue weighted by atomic mass is 35.7. The summed E-state index contributed by atoms with van der Waals surface area (Å²) in [6.07, 6.45) is 0.185. The van der Waals surface area contributed by atoms with Gasteiger partial charge >= 0.3 is 0 Å². The molecule has 1 saturated heterocycles. The van der Waals surface area contributed by atoms with Crippen molar-refractivity contribution in [2.24, 2.45) is 5.92 Å². The minimum Gasteiger partial charge on any atom is -0.456 e. The summed E-state index contributed by atoms with van der Waals surface area (Å²) in [6, 6.07) is 13.4. The zero-order chi connectivity index (χ0) is 16.9. The Morgan fingerprint density at radius 2 is 1.88 bits per heavy atom. The summed E-state index contributed by atoms with van der Waals surface area (Å²) >= 11 is 0. The minimum atomic E-state index is -3.61. The number of fused-ring (bicyclic) bond motifs is 3. The van der Waals surface area contributed by atoms with Crippen molar-refractivity contribution in [1.29, 1.82) is 0 Å². The number of nitrogens with zero attached hydrogens (tertiary/aromatic N) is 1. The maximum atomic E-state index is 12.2. The van der Waals surface area contributed by atoms with E-state index in [2.05, 4.69) is 0 Å². The lowest BCUT2D eigenvalue weighted by molar-refractivity contribution is -0.117. The molecule has 0 N–H and O–H groups in total. The van der Waals surface area contributed by atoms with Crippen LogP contribution in [0.5, 0.6) is 0 Å². The predicted molar refractivity (Wildman–Crippen MR) is 93.8 cm³/mol. The summed E-state index contributed by atoms with van der Waals surface area (Å²) in [5.41, 5.74) is 2.21. The Morgan fingerprint density at radius 3 is 2.67 bits per heavy atom. The standard InChI is InChI=1S/C17H14ClNO4S/c18-24(21,22)10-11-7-17(20)19(9-11)12-5-6-14-13-3-1-2-4-15(13)23-16(14)8-12/h1-6,8,11H,7,9-10H2. The molecule has 5 nitrogen and oxygen atoms in total. The number of anilines is 1. The van der Waals surface area contributed by atoms with Gasteiger partial charge in [0, 0.05) is 52.1 Å². The van der Waals surface area contributed by atoms with E-state index in [0.717, 1.165) is 16.4 Å². The molecule has 0 radical (unpaired) electrons. The number of carbonyl (C=O) groups excluding carboxylic acids is 1. The van der Waals surface area contributed by atoms with Gasteiger partial charge in [0.1, 0.15) is 11.2 Å². The van der Waals surface area contributed by atoms with Crippen LogP contribution in [-0.2, 0) is 13.8 Å². The van der Waals surface area contributed by atoms with Crippen LogP contribution in [0, 0.1) is 5.92 Å². The molecule has 7 heteroatoms. The number of halogens is 1. The Labute approximate surface area is 143 Å². The van der Waals surface area contributed by atoms with E-state index in [1.54, 1.807) is 4.90 Å². The lowest BCUT2D eigenvalue weighted by Gasteiger charge is -2.16. The average Bonchev–Trinajstić information content (AvgIpc) is 3.05. The van der Waals surface area contributed by atoms with E-state index in [-0.39, 0.29) is 24.0 Å². The number of benzene rings is 2.